The fourth-order valence-electron chi connectivity index (χ4n) is 2.32. The summed E-state index contributed by atoms with van der Waals surface area (Å²) in [6.07, 6.45) is 0.846. The first-order valence-corrected chi connectivity index (χ1v) is 7.76. The van der Waals surface area contributed by atoms with Crippen LogP contribution in [0.3, 0.4) is 0 Å². The van der Waals surface area contributed by atoms with Crippen molar-refractivity contribution in [3.05, 3.63) is 40.2 Å². The molecule has 0 aliphatic carbocycles. The Kier molecular flexibility index (Phi) is 3.75. The summed E-state index contributed by atoms with van der Waals surface area (Å²) in [5, 5.41) is 3.29. The summed E-state index contributed by atoms with van der Waals surface area (Å²) in [5.74, 6) is 0.355. The van der Waals surface area contributed by atoms with Crippen molar-refractivity contribution in [3.8, 4) is 11.5 Å². The van der Waals surface area contributed by atoms with Crippen LogP contribution >= 0.6 is 11.3 Å². The molecular formula is C16H15NO3S. The lowest BCUT2D eigenvalue weighted by atomic mass is 10.1. The summed E-state index contributed by atoms with van der Waals surface area (Å²) in [6.45, 7) is 4.21. The van der Waals surface area contributed by atoms with Crippen LogP contribution in [0.1, 0.15) is 29.2 Å². The minimum absolute atomic E-state index is 0.346. The third-order valence-electron chi connectivity index (χ3n) is 3.24. The summed E-state index contributed by atoms with van der Waals surface area (Å²) in [5.41, 5.74) is 2.65. The van der Waals surface area contributed by atoms with Gasteiger partial charge in [-0.15, -0.1) is 11.3 Å². The van der Waals surface area contributed by atoms with Gasteiger partial charge in [-0.1, -0.05) is 25.1 Å². The van der Waals surface area contributed by atoms with E-state index in [1.807, 2.05) is 29.6 Å². The number of furan rings is 1. The standard InChI is InChI=1S/C16H15NO3S/c1-3-10-11-7-5-6-8-13(11)20-14(10)12-9-21-15(17-12)16(18)19-4-2/h5-9H,3-4H2,1-2H3. The molecule has 0 atom stereocenters. The van der Waals surface area contributed by atoms with E-state index in [4.69, 9.17) is 9.15 Å². The smallest absolute Gasteiger partial charge is 0.367 e. The van der Waals surface area contributed by atoms with Crippen molar-refractivity contribution in [3.63, 3.8) is 0 Å². The maximum atomic E-state index is 11.7. The quantitative estimate of drug-likeness (QED) is 0.674. The number of hydrogen-bond donors (Lipinski definition) is 0. The van der Waals surface area contributed by atoms with Crippen LogP contribution in [0.4, 0.5) is 0 Å². The van der Waals surface area contributed by atoms with Crippen LogP contribution in [0.5, 0.6) is 0 Å². The largest absolute Gasteiger partial charge is 0.461 e. The lowest BCUT2D eigenvalue weighted by Crippen LogP contribution is -2.03. The van der Waals surface area contributed by atoms with E-state index in [-0.39, 0.29) is 5.97 Å². The number of nitrogens with zero attached hydrogens (tertiary/aromatic N) is 1. The zero-order valence-corrected chi connectivity index (χ0v) is 12.7. The maximum Gasteiger partial charge on any atom is 0.367 e. The molecule has 0 bridgehead atoms. The monoisotopic (exact) mass is 301 g/mol. The first-order valence-electron chi connectivity index (χ1n) is 6.88. The number of carbonyl (C=O) groups excluding carboxylic acids is 1. The Morgan fingerprint density at radius 1 is 1.33 bits per heavy atom. The molecule has 0 N–H and O–H groups in total. The van der Waals surface area contributed by atoms with Gasteiger partial charge < -0.3 is 9.15 Å². The third kappa shape index (κ3) is 2.45. The van der Waals surface area contributed by atoms with E-state index in [0.29, 0.717) is 17.3 Å². The maximum absolute atomic E-state index is 11.7. The highest BCUT2D eigenvalue weighted by Gasteiger charge is 2.19. The number of aryl methyl sites for hydroxylation is 1. The molecule has 0 aliphatic heterocycles. The highest BCUT2D eigenvalue weighted by Crippen LogP contribution is 2.34. The predicted molar refractivity (Wildman–Crippen MR) is 82.7 cm³/mol. The normalized spacial score (nSPS) is 11.0. The van der Waals surface area contributed by atoms with Crippen LogP contribution in [0.2, 0.25) is 0 Å². The molecule has 0 saturated heterocycles. The minimum atomic E-state index is -0.386. The molecule has 3 rings (SSSR count). The summed E-state index contributed by atoms with van der Waals surface area (Å²) < 4.78 is 10.9. The Hall–Kier alpha value is -2.14. The van der Waals surface area contributed by atoms with E-state index in [2.05, 4.69) is 11.9 Å². The summed E-state index contributed by atoms with van der Waals surface area (Å²) in [7, 11) is 0. The van der Waals surface area contributed by atoms with Crippen molar-refractivity contribution in [1.29, 1.82) is 0 Å². The average molecular weight is 301 g/mol. The summed E-state index contributed by atoms with van der Waals surface area (Å²) >= 11 is 1.28. The van der Waals surface area contributed by atoms with E-state index in [1.54, 1.807) is 6.92 Å². The van der Waals surface area contributed by atoms with Crippen LogP contribution in [-0.4, -0.2) is 17.6 Å². The molecule has 0 radical (unpaired) electrons. The van der Waals surface area contributed by atoms with E-state index in [0.717, 1.165) is 28.7 Å². The van der Waals surface area contributed by atoms with E-state index >= 15 is 0 Å². The van der Waals surface area contributed by atoms with Crippen molar-refractivity contribution in [1.82, 2.24) is 4.98 Å². The highest BCUT2D eigenvalue weighted by atomic mass is 32.1. The molecule has 108 valence electrons. The second-order valence-corrected chi connectivity index (χ2v) is 5.38. The molecule has 0 aliphatic rings. The fraction of sp³-hybridized carbons (Fsp3) is 0.250. The second kappa shape index (κ2) is 5.69. The van der Waals surface area contributed by atoms with Gasteiger partial charge in [0.15, 0.2) is 5.76 Å². The lowest BCUT2D eigenvalue weighted by Gasteiger charge is -1.97. The number of esters is 1. The Bertz CT molecular complexity index is 788. The fourth-order valence-corrected chi connectivity index (χ4v) is 3.01. The zero-order chi connectivity index (χ0) is 14.8. The van der Waals surface area contributed by atoms with Crippen LogP contribution in [0.15, 0.2) is 34.1 Å². The summed E-state index contributed by atoms with van der Waals surface area (Å²) in [4.78, 5) is 16.1. The molecule has 0 fully saturated rings. The van der Waals surface area contributed by atoms with Gasteiger partial charge in [-0.05, 0) is 19.4 Å². The van der Waals surface area contributed by atoms with Gasteiger partial charge in [-0.2, -0.15) is 0 Å². The number of para-hydroxylation sites is 1. The predicted octanol–water partition coefficient (Wildman–Crippen LogP) is 4.30. The molecule has 0 unspecified atom stereocenters. The second-order valence-electron chi connectivity index (χ2n) is 4.52. The molecule has 0 amide bonds. The number of thiazole rings is 1. The van der Waals surface area contributed by atoms with Crippen molar-refractivity contribution in [2.45, 2.75) is 20.3 Å². The van der Waals surface area contributed by atoms with Crippen LogP contribution < -0.4 is 0 Å². The van der Waals surface area contributed by atoms with Gasteiger partial charge in [-0.3, -0.25) is 0 Å². The van der Waals surface area contributed by atoms with Gasteiger partial charge in [0.1, 0.15) is 11.3 Å². The molecule has 0 saturated carbocycles. The number of hydrogen-bond acceptors (Lipinski definition) is 5. The van der Waals surface area contributed by atoms with Gasteiger partial charge >= 0.3 is 5.97 Å². The number of aromatic nitrogens is 1. The molecular weight excluding hydrogens is 286 g/mol. The Labute approximate surface area is 126 Å². The SMILES string of the molecule is CCOC(=O)c1nc(-c2oc3ccccc3c2CC)cs1. The molecule has 21 heavy (non-hydrogen) atoms. The Morgan fingerprint density at radius 2 is 2.14 bits per heavy atom. The van der Waals surface area contributed by atoms with Crippen LogP contribution in [0, 0.1) is 0 Å². The van der Waals surface area contributed by atoms with Crippen molar-refractivity contribution >= 4 is 28.3 Å². The molecule has 3 aromatic rings. The zero-order valence-electron chi connectivity index (χ0n) is 11.9. The van der Waals surface area contributed by atoms with Crippen molar-refractivity contribution in [2.24, 2.45) is 0 Å². The molecule has 2 aromatic heterocycles. The first kappa shape index (κ1) is 13.8. The topological polar surface area (TPSA) is 52.3 Å². The van der Waals surface area contributed by atoms with Crippen LogP contribution in [-0.2, 0) is 11.2 Å². The van der Waals surface area contributed by atoms with Gasteiger partial charge in [0.25, 0.3) is 0 Å². The third-order valence-corrected chi connectivity index (χ3v) is 4.06. The lowest BCUT2D eigenvalue weighted by molar-refractivity contribution is 0.0526. The molecule has 0 spiro atoms. The Morgan fingerprint density at radius 3 is 2.90 bits per heavy atom. The van der Waals surface area contributed by atoms with Gasteiger partial charge in [0, 0.05) is 16.3 Å². The van der Waals surface area contributed by atoms with Gasteiger partial charge in [0.2, 0.25) is 5.01 Å². The number of ether oxygens (including phenoxy) is 1. The highest BCUT2D eigenvalue weighted by molar-refractivity contribution is 7.11. The van der Waals surface area contributed by atoms with E-state index in [9.17, 15) is 4.79 Å². The number of fused-ring (bicyclic) bond motifs is 1. The first-order chi connectivity index (χ1) is 10.2. The van der Waals surface area contributed by atoms with E-state index < -0.39 is 0 Å². The Balaban J connectivity index is 2.06. The molecule has 2 heterocycles. The van der Waals surface area contributed by atoms with E-state index in [1.165, 1.54) is 11.3 Å². The van der Waals surface area contributed by atoms with Gasteiger partial charge in [-0.25, -0.2) is 9.78 Å². The number of benzene rings is 1. The molecule has 5 heteroatoms. The number of carbonyl (C=O) groups is 1. The van der Waals surface area contributed by atoms with Crippen molar-refractivity contribution < 1.29 is 13.9 Å². The van der Waals surface area contributed by atoms with Crippen LogP contribution in [0.25, 0.3) is 22.4 Å². The van der Waals surface area contributed by atoms with Gasteiger partial charge in [0.05, 0.1) is 6.61 Å². The number of rotatable bonds is 4. The van der Waals surface area contributed by atoms with Crippen molar-refractivity contribution in [2.75, 3.05) is 6.61 Å². The molecule has 1 aromatic carbocycles. The molecule has 4 nitrogen and oxygen atoms in total. The summed E-state index contributed by atoms with van der Waals surface area (Å²) in [6, 6.07) is 7.92. The average Bonchev–Trinajstić information content (AvgIpc) is 3.11. The minimum Gasteiger partial charge on any atom is -0.461 e.